The molecule has 0 aromatic carbocycles. The molecule has 138 valence electrons. The molecule has 2 heterocycles. The topological polar surface area (TPSA) is 40.6 Å². The lowest BCUT2D eigenvalue weighted by molar-refractivity contribution is -0.224. The number of halogens is 4. The lowest BCUT2D eigenvalue weighted by Gasteiger charge is -2.37. The van der Waals surface area contributed by atoms with E-state index in [1.54, 1.807) is 13.8 Å². The van der Waals surface area contributed by atoms with Crippen molar-refractivity contribution >= 4 is 11.8 Å². The van der Waals surface area contributed by atoms with Crippen molar-refractivity contribution in [3.05, 3.63) is 0 Å². The Morgan fingerprint density at radius 3 is 1.42 bits per heavy atom. The number of carbonyl (C=O) groups is 2. The summed E-state index contributed by atoms with van der Waals surface area (Å²) in [7, 11) is 0. The van der Waals surface area contributed by atoms with Crippen LogP contribution < -0.4 is 0 Å². The van der Waals surface area contributed by atoms with Crippen LogP contribution >= 0.6 is 0 Å². The first-order chi connectivity index (χ1) is 11.1. The molecule has 2 rings (SSSR count). The summed E-state index contributed by atoms with van der Waals surface area (Å²) in [5, 5.41) is 0. The maximum Gasteiger partial charge on any atom is 0.395 e. The minimum atomic E-state index is -5.03. The molecular weight excluding hydrogens is 328 g/mol. The Morgan fingerprint density at radius 1 is 0.792 bits per heavy atom. The highest BCUT2D eigenvalue weighted by atomic mass is 19.3. The van der Waals surface area contributed by atoms with E-state index in [1.807, 2.05) is 0 Å². The molecule has 2 aliphatic rings. The second-order valence-corrected chi connectivity index (χ2v) is 7.15. The molecule has 0 bridgehead atoms. The largest absolute Gasteiger partial charge is 0.395 e. The third-order valence-corrected chi connectivity index (χ3v) is 4.82. The fraction of sp³-hybridized carbons (Fsp3) is 0.875. The number of nitrogens with zero attached hydrogens (tertiary/aromatic N) is 2. The molecule has 0 aromatic heterocycles. The minimum Gasteiger partial charge on any atom is -0.337 e. The van der Waals surface area contributed by atoms with Gasteiger partial charge in [-0.1, -0.05) is 13.8 Å². The molecule has 8 heteroatoms. The molecule has 0 spiro atoms. The van der Waals surface area contributed by atoms with Gasteiger partial charge in [0.1, 0.15) is 0 Å². The van der Waals surface area contributed by atoms with Gasteiger partial charge in [0.25, 0.3) is 11.8 Å². The van der Waals surface area contributed by atoms with Gasteiger partial charge in [-0.25, -0.2) is 0 Å². The van der Waals surface area contributed by atoms with Crippen LogP contribution in [0.1, 0.15) is 39.5 Å². The van der Waals surface area contributed by atoms with Crippen LogP contribution in [0.25, 0.3) is 0 Å². The zero-order valence-electron chi connectivity index (χ0n) is 14.0. The van der Waals surface area contributed by atoms with Crippen LogP contribution in [0.5, 0.6) is 0 Å². The van der Waals surface area contributed by atoms with Gasteiger partial charge in [-0.3, -0.25) is 9.59 Å². The Balaban J connectivity index is 2.15. The molecule has 2 atom stereocenters. The summed E-state index contributed by atoms with van der Waals surface area (Å²) in [6.45, 7) is 3.61. The van der Waals surface area contributed by atoms with E-state index < -0.39 is 23.7 Å². The van der Waals surface area contributed by atoms with Crippen molar-refractivity contribution < 1.29 is 27.2 Å². The fourth-order valence-electron chi connectivity index (χ4n) is 3.41. The summed E-state index contributed by atoms with van der Waals surface area (Å²) in [5.41, 5.74) is 0. The Morgan fingerprint density at radius 2 is 1.12 bits per heavy atom. The molecule has 0 unspecified atom stereocenters. The van der Waals surface area contributed by atoms with Crippen LogP contribution in [0, 0.1) is 11.8 Å². The Labute approximate surface area is 139 Å². The van der Waals surface area contributed by atoms with E-state index in [1.165, 1.54) is 0 Å². The van der Waals surface area contributed by atoms with Crippen LogP contribution in [-0.2, 0) is 9.59 Å². The van der Waals surface area contributed by atoms with Gasteiger partial charge in [-0.2, -0.15) is 17.6 Å². The van der Waals surface area contributed by atoms with Crippen molar-refractivity contribution in [1.29, 1.82) is 0 Å². The number of hydrogen-bond donors (Lipinski definition) is 0. The third-order valence-electron chi connectivity index (χ3n) is 4.82. The van der Waals surface area contributed by atoms with Crippen molar-refractivity contribution in [2.45, 2.75) is 51.4 Å². The van der Waals surface area contributed by atoms with Crippen LogP contribution in [0.15, 0.2) is 0 Å². The monoisotopic (exact) mass is 352 g/mol. The Hall–Kier alpha value is -1.34. The minimum absolute atomic E-state index is 0.0133. The lowest BCUT2D eigenvalue weighted by Crippen LogP contribution is -2.62. The summed E-state index contributed by atoms with van der Waals surface area (Å²) < 4.78 is 56.9. The molecular formula is C16H24F4N2O2. The fourth-order valence-corrected chi connectivity index (χ4v) is 3.41. The van der Waals surface area contributed by atoms with E-state index in [2.05, 4.69) is 0 Å². The molecule has 0 aromatic rings. The molecule has 2 amide bonds. The second-order valence-electron chi connectivity index (χ2n) is 7.15. The van der Waals surface area contributed by atoms with E-state index in [4.69, 9.17) is 0 Å². The average Bonchev–Trinajstić information content (AvgIpc) is 2.53. The predicted octanol–water partition coefficient (Wildman–Crippen LogP) is 2.77. The molecule has 24 heavy (non-hydrogen) atoms. The van der Waals surface area contributed by atoms with E-state index >= 15 is 0 Å². The van der Waals surface area contributed by atoms with Crippen molar-refractivity contribution in [3.8, 4) is 0 Å². The highest BCUT2D eigenvalue weighted by molar-refractivity contribution is 5.95. The summed E-state index contributed by atoms with van der Waals surface area (Å²) in [4.78, 5) is 25.5. The number of hydrogen-bond acceptors (Lipinski definition) is 2. The number of rotatable bonds is 3. The van der Waals surface area contributed by atoms with Crippen molar-refractivity contribution in [2.24, 2.45) is 11.8 Å². The molecule has 2 fully saturated rings. The molecule has 0 saturated carbocycles. The van der Waals surface area contributed by atoms with Gasteiger partial charge in [0.05, 0.1) is 0 Å². The lowest BCUT2D eigenvalue weighted by atomic mass is 9.97. The van der Waals surface area contributed by atoms with E-state index in [0.29, 0.717) is 12.8 Å². The SMILES string of the molecule is C[C@@H]1CCCN(C(=O)C(F)(F)C(F)(F)C(=O)N2CCC[C@H](C)C2)C1. The number of alkyl halides is 4. The van der Waals surface area contributed by atoms with Crippen molar-refractivity contribution in [3.63, 3.8) is 0 Å². The Kier molecular flexibility index (Phi) is 5.44. The number of likely N-dealkylation sites (tertiary alicyclic amines) is 2. The van der Waals surface area contributed by atoms with Crippen LogP contribution in [0.4, 0.5) is 17.6 Å². The van der Waals surface area contributed by atoms with Crippen molar-refractivity contribution in [2.75, 3.05) is 26.2 Å². The standard InChI is InChI=1S/C16H24F4N2O2/c1-11-5-3-7-21(9-11)13(23)15(17,18)16(19,20)14(24)22-8-4-6-12(2)10-22/h11-12H,3-10H2,1-2H3/t11-,12+. The first-order valence-corrected chi connectivity index (χ1v) is 8.41. The molecule has 0 N–H and O–H groups in total. The summed E-state index contributed by atoms with van der Waals surface area (Å²) >= 11 is 0. The summed E-state index contributed by atoms with van der Waals surface area (Å²) in [6.07, 6.45) is 2.50. The molecule has 2 saturated heterocycles. The molecule has 0 radical (unpaired) electrons. The number of piperidine rings is 2. The van der Waals surface area contributed by atoms with Crippen molar-refractivity contribution in [1.82, 2.24) is 9.80 Å². The molecule has 4 nitrogen and oxygen atoms in total. The predicted molar refractivity (Wildman–Crippen MR) is 79.9 cm³/mol. The number of carbonyl (C=O) groups excluding carboxylic acids is 2. The first kappa shape index (κ1) is 19.0. The van der Waals surface area contributed by atoms with Gasteiger partial charge in [0.15, 0.2) is 0 Å². The van der Waals surface area contributed by atoms with E-state index in [-0.39, 0.29) is 38.0 Å². The first-order valence-electron chi connectivity index (χ1n) is 8.41. The average molecular weight is 352 g/mol. The molecule has 2 aliphatic heterocycles. The maximum atomic E-state index is 14.2. The number of amides is 2. The summed E-state index contributed by atoms with van der Waals surface area (Å²) in [6, 6.07) is 0. The van der Waals surface area contributed by atoms with Gasteiger partial charge in [-0.05, 0) is 37.5 Å². The van der Waals surface area contributed by atoms with Gasteiger partial charge in [0, 0.05) is 26.2 Å². The van der Waals surface area contributed by atoms with Crippen LogP contribution in [0.3, 0.4) is 0 Å². The quantitative estimate of drug-likeness (QED) is 0.733. The maximum absolute atomic E-state index is 14.2. The smallest absolute Gasteiger partial charge is 0.337 e. The third kappa shape index (κ3) is 3.52. The highest BCUT2D eigenvalue weighted by Gasteiger charge is 2.68. The molecule has 0 aliphatic carbocycles. The zero-order chi connectivity index (χ0) is 18.1. The van der Waals surface area contributed by atoms with Gasteiger partial charge in [-0.15, -0.1) is 0 Å². The van der Waals surface area contributed by atoms with E-state index in [9.17, 15) is 27.2 Å². The van der Waals surface area contributed by atoms with Gasteiger partial charge in [0.2, 0.25) is 0 Å². The van der Waals surface area contributed by atoms with E-state index in [0.717, 1.165) is 22.6 Å². The zero-order valence-corrected chi connectivity index (χ0v) is 14.0. The van der Waals surface area contributed by atoms with Gasteiger partial charge >= 0.3 is 11.8 Å². The normalized spacial score (nSPS) is 26.4. The van der Waals surface area contributed by atoms with Gasteiger partial charge < -0.3 is 9.80 Å². The van der Waals surface area contributed by atoms with Crippen LogP contribution in [-0.4, -0.2) is 59.6 Å². The summed E-state index contributed by atoms with van der Waals surface area (Å²) in [5.74, 6) is -14.0. The van der Waals surface area contributed by atoms with Crippen LogP contribution in [0.2, 0.25) is 0 Å². The Bertz CT molecular complexity index is 454. The second kappa shape index (κ2) is 6.88. The highest BCUT2D eigenvalue weighted by Crippen LogP contribution is 2.39.